The van der Waals surface area contributed by atoms with Gasteiger partial charge in [-0.15, -0.1) is 0 Å². The normalized spacial score (nSPS) is 14.2. The standard InChI is InChI=1S/C19H19Cl2NO4/c1-11(15-9-8-14(20)10-16(15)21)22-18(24)12(2)26-19(25)17(23)13-6-4-3-5-7-13/h3-12,17,23H,1-2H3,(H,22,24)/t11-,12-,17+/m0/s1. The number of carbonyl (C=O) groups is 2. The zero-order valence-electron chi connectivity index (χ0n) is 14.3. The molecule has 2 aromatic rings. The number of aliphatic hydroxyl groups excluding tert-OH is 1. The van der Waals surface area contributed by atoms with E-state index in [1.807, 2.05) is 0 Å². The molecule has 0 radical (unpaired) electrons. The number of nitrogens with one attached hydrogen (secondary N) is 1. The Morgan fingerprint density at radius 3 is 2.35 bits per heavy atom. The highest BCUT2D eigenvalue weighted by Gasteiger charge is 2.25. The Morgan fingerprint density at radius 2 is 1.73 bits per heavy atom. The molecule has 0 bridgehead atoms. The molecule has 2 rings (SSSR count). The number of halogens is 2. The van der Waals surface area contributed by atoms with E-state index in [2.05, 4.69) is 5.32 Å². The van der Waals surface area contributed by atoms with Crippen molar-refractivity contribution in [3.05, 3.63) is 69.7 Å². The van der Waals surface area contributed by atoms with Crippen molar-refractivity contribution in [3.8, 4) is 0 Å². The average molecular weight is 396 g/mol. The smallest absolute Gasteiger partial charge is 0.340 e. The summed E-state index contributed by atoms with van der Waals surface area (Å²) in [5, 5.41) is 13.6. The largest absolute Gasteiger partial charge is 0.450 e. The molecule has 5 nitrogen and oxygen atoms in total. The van der Waals surface area contributed by atoms with Crippen LogP contribution in [0.5, 0.6) is 0 Å². The number of hydrogen-bond donors (Lipinski definition) is 2. The number of amides is 1. The number of rotatable bonds is 6. The summed E-state index contributed by atoms with van der Waals surface area (Å²) in [7, 11) is 0. The van der Waals surface area contributed by atoms with Gasteiger partial charge in [-0.2, -0.15) is 0 Å². The molecule has 0 aliphatic carbocycles. The fourth-order valence-corrected chi connectivity index (χ4v) is 2.90. The zero-order valence-corrected chi connectivity index (χ0v) is 15.8. The first-order chi connectivity index (χ1) is 12.3. The highest BCUT2D eigenvalue weighted by atomic mass is 35.5. The topological polar surface area (TPSA) is 75.6 Å². The van der Waals surface area contributed by atoms with E-state index in [1.54, 1.807) is 55.5 Å². The Labute approximate surface area is 161 Å². The maximum absolute atomic E-state index is 12.3. The lowest BCUT2D eigenvalue weighted by Gasteiger charge is -2.20. The molecule has 0 aromatic heterocycles. The van der Waals surface area contributed by atoms with Gasteiger partial charge in [0.1, 0.15) is 0 Å². The summed E-state index contributed by atoms with van der Waals surface area (Å²) in [6.07, 6.45) is -2.52. The first-order valence-electron chi connectivity index (χ1n) is 7.98. The quantitative estimate of drug-likeness (QED) is 0.728. The van der Waals surface area contributed by atoms with Gasteiger partial charge in [0.25, 0.3) is 5.91 Å². The molecule has 7 heteroatoms. The molecule has 1 amide bonds. The predicted molar refractivity (Wildman–Crippen MR) is 100.0 cm³/mol. The van der Waals surface area contributed by atoms with E-state index in [0.29, 0.717) is 21.2 Å². The van der Waals surface area contributed by atoms with Crippen LogP contribution in [-0.2, 0) is 14.3 Å². The van der Waals surface area contributed by atoms with E-state index in [4.69, 9.17) is 27.9 Å². The van der Waals surface area contributed by atoms with E-state index < -0.39 is 30.1 Å². The van der Waals surface area contributed by atoms with E-state index >= 15 is 0 Å². The molecule has 0 aliphatic heterocycles. The van der Waals surface area contributed by atoms with Gasteiger partial charge in [-0.25, -0.2) is 4.79 Å². The van der Waals surface area contributed by atoms with Gasteiger partial charge in [0.15, 0.2) is 12.2 Å². The number of benzene rings is 2. The molecular formula is C19H19Cl2NO4. The first kappa shape index (κ1) is 20.2. The van der Waals surface area contributed by atoms with Gasteiger partial charge in [0.2, 0.25) is 0 Å². The van der Waals surface area contributed by atoms with Gasteiger partial charge in [0.05, 0.1) is 6.04 Å². The SMILES string of the molecule is C[C@H](OC(=O)[C@H](O)c1ccccc1)C(=O)N[C@@H](C)c1ccc(Cl)cc1Cl. The van der Waals surface area contributed by atoms with Crippen LogP contribution in [-0.4, -0.2) is 23.1 Å². The Bertz CT molecular complexity index is 782. The van der Waals surface area contributed by atoms with Crippen molar-refractivity contribution >= 4 is 35.1 Å². The average Bonchev–Trinajstić information content (AvgIpc) is 2.61. The molecule has 0 heterocycles. The summed E-state index contributed by atoms with van der Waals surface area (Å²) in [6.45, 7) is 3.18. The number of hydrogen-bond acceptors (Lipinski definition) is 4. The van der Waals surface area contributed by atoms with Crippen molar-refractivity contribution < 1.29 is 19.4 Å². The van der Waals surface area contributed by atoms with E-state index in [0.717, 1.165) is 0 Å². The van der Waals surface area contributed by atoms with Crippen LogP contribution in [0.4, 0.5) is 0 Å². The molecule has 0 aliphatic rings. The van der Waals surface area contributed by atoms with Crippen molar-refractivity contribution in [1.29, 1.82) is 0 Å². The van der Waals surface area contributed by atoms with Crippen LogP contribution in [0.3, 0.4) is 0 Å². The van der Waals surface area contributed by atoms with E-state index in [1.165, 1.54) is 6.92 Å². The number of aliphatic hydroxyl groups is 1. The van der Waals surface area contributed by atoms with Gasteiger partial charge in [-0.05, 0) is 37.1 Å². The summed E-state index contributed by atoms with van der Waals surface area (Å²) in [5.41, 5.74) is 1.08. The third-order valence-electron chi connectivity index (χ3n) is 3.79. The van der Waals surface area contributed by atoms with Crippen LogP contribution in [0.1, 0.15) is 37.1 Å². The minimum Gasteiger partial charge on any atom is -0.450 e. The molecule has 2 aromatic carbocycles. The second-order valence-electron chi connectivity index (χ2n) is 5.79. The number of carbonyl (C=O) groups excluding carboxylic acids is 2. The number of ether oxygens (including phenoxy) is 1. The van der Waals surface area contributed by atoms with E-state index in [9.17, 15) is 14.7 Å². The highest BCUT2D eigenvalue weighted by Crippen LogP contribution is 2.26. The fraction of sp³-hybridized carbons (Fsp3) is 0.263. The number of esters is 1. The molecule has 138 valence electrons. The summed E-state index contributed by atoms with van der Waals surface area (Å²) >= 11 is 12.0. The molecule has 0 saturated carbocycles. The van der Waals surface area contributed by atoms with Crippen LogP contribution in [0, 0.1) is 0 Å². The van der Waals surface area contributed by atoms with Crippen molar-refractivity contribution in [3.63, 3.8) is 0 Å². The van der Waals surface area contributed by atoms with Crippen LogP contribution < -0.4 is 5.32 Å². The second kappa shape index (κ2) is 9.03. The maximum atomic E-state index is 12.3. The lowest BCUT2D eigenvalue weighted by Crippen LogP contribution is -2.38. The molecular weight excluding hydrogens is 377 g/mol. The molecule has 0 unspecified atom stereocenters. The highest BCUT2D eigenvalue weighted by molar-refractivity contribution is 6.35. The minimum absolute atomic E-state index is 0.395. The molecule has 3 atom stereocenters. The van der Waals surface area contributed by atoms with Crippen molar-refractivity contribution in [2.45, 2.75) is 32.1 Å². The molecule has 0 spiro atoms. The van der Waals surface area contributed by atoms with Crippen molar-refractivity contribution in [2.75, 3.05) is 0 Å². The molecule has 26 heavy (non-hydrogen) atoms. The summed E-state index contributed by atoms with van der Waals surface area (Å²) in [5.74, 6) is -1.40. The van der Waals surface area contributed by atoms with Crippen molar-refractivity contribution in [2.24, 2.45) is 0 Å². The van der Waals surface area contributed by atoms with Gasteiger partial charge >= 0.3 is 5.97 Å². The maximum Gasteiger partial charge on any atom is 0.340 e. The second-order valence-corrected chi connectivity index (χ2v) is 6.63. The third-order valence-corrected chi connectivity index (χ3v) is 4.35. The Hall–Kier alpha value is -2.08. The third kappa shape index (κ3) is 5.21. The Morgan fingerprint density at radius 1 is 1.08 bits per heavy atom. The molecule has 0 saturated heterocycles. The Kier molecular flexibility index (Phi) is 7.03. The minimum atomic E-state index is -1.45. The van der Waals surface area contributed by atoms with E-state index in [-0.39, 0.29) is 0 Å². The van der Waals surface area contributed by atoms with Crippen molar-refractivity contribution in [1.82, 2.24) is 5.32 Å². The Balaban J connectivity index is 1.95. The van der Waals surface area contributed by atoms with Crippen LogP contribution in [0.25, 0.3) is 0 Å². The van der Waals surface area contributed by atoms with Crippen LogP contribution in [0.2, 0.25) is 10.0 Å². The fourth-order valence-electron chi connectivity index (χ4n) is 2.32. The van der Waals surface area contributed by atoms with Gasteiger partial charge in [0, 0.05) is 10.0 Å². The van der Waals surface area contributed by atoms with Crippen LogP contribution >= 0.6 is 23.2 Å². The van der Waals surface area contributed by atoms with Gasteiger partial charge < -0.3 is 15.2 Å². The molecule has 2 N–H and O–H groups in total. The van der Waals surface area contributed by atoms with Gasteiger partial charge in [-0.1, -0.05) is 59.6 Å². The molecule has 0 fully saturated rings. The predicted octanol–water partition coefficient (Wildman–Crippen LogP) is 3.84. The summed E-state index contributed by atoms with van der Waals surface area (Å²) < 4.78 is 5.06. The monoisotopic (exact) mass is 395 g/mol. The first-order valence-corrected chi connectivity index (χ1v) is 8.74. The lowest BCUT2D eigenvalue weighted by molar-refractivity contribution is -0.163. The lowest BCUT2D eigenvalue weighted by atomic mass is 10.1. The van der Waals surface area contributed by atoms with Gasteiger partial charge in [-0.3, -0.25) is 4.79 Å². The zero-order chi connectivity index (χ0) is 19.3. The summed E-state index contributed by atoms with van der Waals surface area (Å²) in [4.78, 5) is 24.3. The summed E-state index contributed by atoms with van der Waals surface area (Å²) in [6, 6.07) is 12.9. The van der Waals surface area contributed by atoms with Crippen LogP contribution in [0.15, 0.2) is 48.5 Å².